The zero-order valence-electron chi connectivity index (χ0n) is 17.5. The molecule has 0 aromatic heterocycles. The van der Waals surface area contributed by atoms with Gasteiger partial charge in [0, 0.05) is 19.0 Å². The first-order valence-electron chi connectivity index (χ1n) is 10.6. The van der Waals surface area contributed by atoms with Gasteiger partial charge in [0.1, 0.15) is 5.69 Å². The highest BCUT2D eigenvalue weighted by atomic mass is 16.3. The Morgan fingerprint density at radius 1 is 0.812 bits per heavy atom. The fraction of sp³-hybridized carbons (Fsp3) is 0.111. The highest BCUT2D eigenvalue weighted by Gasteiger charge is 2.20. The lowest BCUT2D eigenvalue weighted by Crippen LogP contribution is -2.17. The summed E-state index contributed by atoms with van der Waals surface area (Å²) in [7, 11) is 0. The second kappa shape index (κ2) is 8.65. The van der Waals surface area contributed by atoms with E-state index >= 15 is 0 Å². The molecule has 3 aromatic rings. The summed E-state index contributed by atoms with van der Waals surface area (Å²) in [5.74, 6) is 0.645. The van der Waals surface area contributed by atoms with E-state index in [1.54, 1.807) is 4.57 Å². The molecule has 0 saturated heterocycles. The first kappa shape index (κ1) is 20.0. The van der Waals surface area contributed by atoms with Crippen LogP contribution in [0, 0.1) is 0 Å². The second-order valence-electron chi connectivity index (χ2n) is 7.89. The Kier molecular flexibility index (Phi) is 5.40. The SMILES string of the molecule is O=c1c(Cc2cccc(CO)c2)nc2c(Cc3ccccc3)[nH]c(-c3ccccc3)cn1-2. The summed E-state index contributed by atoms with van der Waals surface area (Å²) in [5, 5.41) is 9.43. The third-order valence-electron chi connectivity index (χ3n) is 5.60. The van der Waals surface area contributed by atoms with Crippen molar-refractivity contribution < 1.29 is 5.11 Å². The largest absolute Gasteiger partial charge is 0.392 e. The van der Waals surface area contributed by atoms with Gasteiger partial charge >= 0.3 is 0 Å². The van der Waals surface area contributed by atoms with E-state index in [2.05, 4.69) is 17.1 Å². The predicted octanol–water partition coefficient (Wildman–Crippen LogP) is 4.34. The quantitative estimate of drug-likeness (QED) is 0.428. The molecular weight excluding hydrogens is 398 g/mol. The van der Waals surface area contributed by atoms with Crippen molar-refractivity contribution in [3.63, 3.8) is 0 Å². The van der Waals surface area contributed by atoms with Gasteiger partial charge in [-0.05, 0) is 22.3 Å². The van der Waals surface area contributed by atoms with Crippen LogP contribution < -0.4 is 5.56 Å². The smallest absolute Gasteiger partial charge is 0.278 e. The molecular formula is C27H23N3O2. The van der Waals surface area contributed by atoms with Crippen molar-refractivity contribution in [2.45, 2.75) is 19.4 Å². The number of H-pyrrole nitrogens is 1. The molecule has 0 radical (unpaired) electrons. The van der Waals surface area contributed by atoms with Crippen molar-refractivity contribution in [1.29, 1.82) is 0 Å². The van der Waals surface area contributed by atoms with Gasteiger partial charge in [0.05, 0.1) is 18.0 Å². The van der Waals surface area contributed by atoms with Crippen LogP contribution >= 0.6 is 0 Å². The number of hydrogen-bond donors (Lipinski definition) is 2. The van der Waals surface area contributed by atoms with E-state index in [9.17, 15) is 9.90 Å². The summed E-state index contributed by atoms with van der Waals surface area (Å²) in [6.45, 7) is -0.0279. The van der Waals surface area contributed by atoms with Crippen LogP contribution in [0.15, 0.2) is 95.9 Å². The van der Waals surface area contributed by atoms with Gasteiger partial charge < -0.3 is 10.1 Å². The second-order valence-corrected chi connectivity index (χ2v) is 7.89. The molecule has 32 heavy (non-hydrogen) atoms. The molecule has 5 heteroatoms. The van der Waals surface area contributed by atoms with E-state index in [0.29, 0.717) is 24.4 Å². The third kappa shape index (κ3) is 3.98. The number of aromatic nitrogens is 3. The van der Waals surface area contributed by atoms with Crippen molar-refractivity contribution in [3.05, 3.63) is 130 Å². The summed E-state index contributed by atoms with van der Waals surface area (Å²) in [6, 6.07) is 27.8. The third-order valence-corrected chi connectivity index (χ3v) is 5.60. The maximum absolute atomic E-state index is 13.3. The minimum absolute atomic E-state index is 0.0279. The van der Waals surface area contributed by atoms with Crippen LogP contribution in [0.2, 0.25) is 0 Å². The van der Waals surface area contributed by atoms with Gasteiger partial charge in [-0.1, -0.05) is 84.9 Å². The number of nitrogens with one attached hydrogen (secondary N) is 1. The fourth-order valence-electron chi connectivity index (χ4n) is 4.01. The number of rotatable bonds is 6. The molecule has 0 aliphatic carbocycles. The number of aliphatic hydroxyl groups excluding tert-OH is 1. The fourth-order valence-corrected chi connectivity index (χ4v) is 4.01. The van der Waals surface area contributed by atoms with E-state index < -0.39 is 0 Å². The lowest BCUT2D eigenvalue weighted by molar-refractivity contribution is 0.281. The van der Waals surface area contributed by atoms with Crippen LogP contribution in [0.25, 0.3) is 17.1 Å². The summed E-state index contributed by atoms with van der Waals surface area (Å²) in [5.41, 5.74) is 6.06. The van der Waals surface area contributed by atoms with Crippen LogP contribution in [0.5, 0.6) is 0 Å². The Morgan fingerprint density at radius 2 is 1.50 bits per heavy atom. The van der Waals surface area contributed by atoms with Crippen LogP contribution in [0.3, 0.4) is 0 Å². The molecule has 0 atom stereocenters. The molecule has 0 unspecified atom stereocenters. The van der Waals surface area contributed by atoms with Gasteiger partial charge in [-0.3, -0.25) is 9.36 Å². The summed E-state index contributed by atoms with van der Waals surface area (Å²) in [6.07, 6.45) is 2.89. The number of fused-ring (bicyclic) bond motifs is 1. The Morgan fingerprint density at radius 3 is 2.25 bits per heavy atom. The van der Waals surface area contributed by atoms with Crippen molar-refractivity contribution in [3.8, 4) is 17.1 Å². The molecule has 0 spiro atoms. The molecule has 2 aliphatic rings. The van der Waals surface area contributed by atoms with Crippen molar-refractivity contribution in [2.75, 3.05) is 0 Å². The molecule has 0 bridgehead atoms. The predicted molar refractivity (Wildman–Crippen MR) is 125 cm³/mol. The number of aromatic amines is 1. The van der Waals surface area contributed by atoms with Gasteiger partial charge in [-0.2, -0.15) is 0 Å². The average molecular weight is 422 g/mol. The normalized spacial score (nSPS) is 11.2. The Hall–Kier alpha value is -3.96. The standard InChI is InChI=1S/C27H23N3O2/c31-18-21-11-7-10-20(14-21)16-24-27(32)30-17-25(22-12-5-2-6-13-22)28-23(26(30)29-24)15-19-8-3-1-4-9-19/h1-14,17,28,31H,15-16,18H2. The lowest BCUT2D eigenvalue weighted by Gasteiger charge is -2.13. The number of hydrogen-bond acceptors (Lipinski definition) is 3. The van der Waals surface area contributed by atoms with Crippen LogP contribution in [-0.4, -0.2) is 19.6 Å². The van der Waals surface area contributed by atoms with Crippen LogP contribution in [0.1, 0.15) is 28.1 Å². The number of benzene rings is 3. The topological polar surface area (TPSA) is 70.9 Å². The molecule has 2 aliphatic heterocycles. The van der Waals surface area contributed by atoms with Gasteiger partial charge in [0.2, 0.25) is 0 Å². The zero-order valence-corrected chi connectivity index (χ0v) is 17.5. The summed E-state index contributed by atoms with van der Waals surface area (Å²) >= 11 is 0. The first-order valence-corrected chi connectivity index (χ1v) is 10.6. The average Bonchev–Trinajstić information content (AvgIpc) is 3.16. The zero-order chi connectivity index (χ0) is 21.9. The van der Waals surface area contributed by atoms with E-state index in [4.69, 9.17) is 4.98 Å². The van der Waals surface area contributed by atoms with Crippen molar-refractivity contribution in [2.24, 2.45) is 0 Å². The van der Waals surface area contributed by atoms with Gasteiger partial charge in [0.15, 0.2) is 5.82 Å². The lowest BCUT2D eigenvalue weighted by atomic mass is 10.1. The van der Waals surface area contributed by atoms with Crippen molar-refractivity contribution in [1.82, 2.24) is 14.5 Å². The monoisotopic (exact) mass is 421 g/mol. The van der Waals surface area contributed by atoms with Gasteiger partial charge in [0.25, 0.3) is 5.56 Å². The maximum atomic E-state index is 13.3. The first-order chi connectivity index (χ1) is 15.7. The van der Waals surface area contributed by atoms with E-state index in [1.165, 1.54) is 0 Å². The maximum Gasteiger partial charge on any atom is 0.278 e. The minimum Gasteiger partial charge on any atom is -0.392 e. The van der Waals surface area contributed by atoms with E-state index in [1.807, 2.05) is 79.0 Å². The van der Waals surface area contributed by atoms with Crippen molar-refractivity contribution >= 4 is 0 Å². The minimum atomic E-state index is -0.116. The molecule has 5 nitrogen and oxygen atoms in total. The molecule has 2 heterocycles. The van der Waals surface area contributed by atoms with Crippen LogP contribution in [0.4, 0.5) is 0 Å². The molecule has 0 amide bonds. The molecule has 5 rings (SSSR count). The molecule has 3 aromatic carbocycles. The van der Waals surface area contributed by atoms with Gasteiger partial charge in [-0.25, -0.2) is 4.98 Å². The number of imidazole rings is 1. The summed E-state index contributed by atoms with van der Waals surface area (Å²) < 4.78 is 1.66. The van der Waals surface area contributed by atoms with Crippen LogP contribution in [-0.2, 0) is 19.4 Å². The highest BCUT2D eigenvalue weighted by Crippen LogP contribution is 2.23. The molecule has 0 saturated carbocycles. The number of nitrogens with zero attached hydrogens (tertiary/aromatic N) is 2. The number of aliphatic hydroxyl groups is 1. The highest BCUT2D eigenvalue weighted by molar-refractivity contribution is 5.60. The molecule has 0 fully saturated rings. The Balaban J connectivity index is 1.63. The molecule has 158 valence electrons. The van der Waals surface area contributed by atoms with E-state index in [-0.39, 0.29) is 12.2 Å². The van der Waals surface area contributed by atoms with Gasteiger partial charge in [-0.15, -0.1) is 0 Å². The molecule has 2 N–H and O–H groups in total. The Bertz CT molecular complexity index is 1370. The van der Waals surface area contributed by atoms with E-state index in [0.717, 1.165) is 33.6 Å². The summed E-state index contributed by atoms with van der Waals surface area (Å²) in [4.78, 5) is 21.6. The Labute approximate surface area is 186 Å².